The number of hydrogen-bond acceptors (Lipinski definition) is 1. The van der Waals surface area contributed by atoms with Crippen LogP contribution in [0.15, 0.2) is 35.4 Å². The molecule has 3 atom stereocenters. The van der Waals surface area contributed by atoms with Crippen molar-refractivity contribution in [3.8, 4) is 0 Å². The molecule has 0 aliphatic heterocycles. The zero-order valence-corrected chi connectivity index (χ0v) is 15.3. The van der Waals surface area contributed by atoms with Gasteiger partial charge in [-0.3, -0.25) is 0 Å². The second kappa shape index (κ2) is 6.46. The molecule has 0 N–H and O–H groups in total. The third-order valence-corrected chi connectivity index (χ3v) is 5.64. The summed E-state index contributed by atoms with van der Waals surface area (Å²) in [7, 11) is 2.79. The molecule has 0 fully saturated rings. The summed E-state index contributed by atoms with van der Waals surface area (Å²) in [6, 6.07) is 9.01. The van der Waals surface area contributed by atoms with Crippen molar-refractivity contribution in [2.24, 2.45) is 5.41 Å². The second-order valence-corrected chi connectivity index (χ2v) is 8.30. The quantitative estimate of drug-likeness (QED) is 0.530. The van der Waals surface area contributed by atoms with Gasteiger partial charge in [-0.15, -0.1) is 9.24 Å². The molecule has 22 heavy (non-hydrogen) atoms. The average Bonchev–Trinajstić information content (AvgIpc) is 2.84. The minimum Gasteiger partial charge on any atom is -0.369 e. The van der Waals surface area contributed by atoms with Crippen LogP contribution in [-0.4, -0.2) is 12.2 Å². The summed E-state index contributed by atoms with van der Waals surface area (Å²) in [4.78, 5) is 0. The maximum Gasteiger partial charge on any atom is 0.0829 e. The topological polar surface area (TPSA) is 9.23 Å². The number of rotatable bonds is 5. The zero-order valence-electron chi connectivity index (χ0n) is 14.2. The van der Waals surface area contributed by atoms with E-state index in [-0.39, 0.29) is 11.5 Å². The molecule has 2 heteroatoms. The molecule has 0 amide bonds. The van der Waals surface area contributed by atoms with Crippen molar-refractivity contribution >= 4 is 9.24 Å². The lowest BCUT2D eigenvalue weighted by Gasteiger charge is -2.38. The van der Waals surface area contributed by atoms with E-state index in [9.17, 15) is 0 Å². The van der Waals surface area contributed by atoms with Crippen LogP contribution in [0.5, 0.6) is 0 Å². The smallest absolute Gasteiger partial charge is 0.0829 e. The fourth-order valence-corrected chi connectivity index (χ4v) is 3.85. The van der Waals surface area contributed by atoms with Crippen molar-refractivity contribution in [3.63, 3.8) is 0 Å². The predicted octanol–water partition coefficient (Wildman–Crippen LogP) is 5.29. The van der Waals surface area contributed by atoms with Crippen molar-refractivity contribution in [2.45, 2.75) is 71.2 Å². The Bertz CT molecular complexity index is 550. The average molecular weight is 316 g/mol. The van der Waals surface area contributed by atoms with Crippen LogP contribution in [0.2, 0.25) is 0 Å². The fraction of sp³-hybridized carbons (Fsp3) is 0.600. The summed E-state index contributed by atoms with van der Waals surface area (Å²) < 4.78 is 6.56. The van der Waals surface area contributed by atoms with E-state index in [1.807, 2.05) is 0 Å². The van der Waals surface area contributed by atoms with E-state index >= 15 is 0 Å². The molecule has 120 valence electrons. The third kappa shape index (κ3) is 3.47. The molecule has 1 nitrogen and oxygen atoms in total. The normalized spacial score (nSPS) is 22.5. The standard InChI is InChI=1S/C20H29OP/c1-20(2,3)19(11-14-7-9-15(13-22)10-8-14)21-18-12-16-5-4-6-17(16)18/h7-10,18-19H,4-6,11-13,22H2,1-3H3. The van der Waals surface area contributed by atoms with Crippen LogP contribution in [0, 0.1) is 5.41 Å². The minimum atomic E-state index is 0.175. The molecule has 1 aromatic carbocycles. The second-order valence-electron chi connectivity index (χ2n) is 7.89. The van der Waals surface area contributed by atoms with E-state index in [1.54, 1.807) is 11.1 Å². The van der Waals surface area contributed by atoms with Crippen LogP contribution in [0.25, 0.3) is 0 Å². The van der Waals surface area contributed by atoms with Crippen LogP contribution < -0.4 is 0 Å². The predicted molar refractivity (Wildman–Crippen MR) is 97.2 cm³/mol. The SMILES string of the molecule is CC(C)(C)C(Cc1ccc(CP)cc1)OC1CC2=C1CCC2. The lowest BCUT2D eigenvalue weighted by molar-refractivity contribution is -0.0590. The zero-order chi connectivity index (χ0) is 15.7. The Hall–Kier alpha value is -0.650. The van der Waals surface area contributed by atoms with Crippen LogP contribution in [0.3, 0.4) is 0 Å². The Morgan fingerprint density at radius 3 is 2.41 bits per heavy atom. The lowest BCUT2D eigenvalue weighted by Crippen LogP contribution is -2.38. The summed E-state index contributed by atoms with van der Waals surface area (Å²) in [6.45, 7) is 6.91. The summed E-state index contributed by atoms with van der Waals surface area (Å²) >= 11 is 0. The first-order valence-corrected chi connectivity index (χ1v) is 9.43. The van der Waals surface area contributed by atoms with Gasteiger partial charge < -0.3 is 4.74 Å². The van der Waals surface area contributed by atoms with Gasteiger partial charge in [-0.1, -0.05) is 50.6 Å². The molecule has 2 aliphatic carbocycles. The molecule has 0 saturated heterocycles. The van der Waals surface area contributed by atoms with Gasteiger partial charge in [-0.2, -0.15) is 0 Å². The first-order chi connectivity index (χ1) is 10.5. The van der Waals surface area contributed by atoms with Crippen molar-refractivity contribution in [3.05, 3.63) is 46.5 Å². The number of ether oxygens (including phenoxy) is 1. The maximum absolute atomic E-state index is 6.56. The Balaban J connectivity index is 1.67. The van der Waals surface area contributed by atoms with Gasteiger partial charge in [0.25, 0.3) is 0 Å². The molecule has 3 rings (SSSR count). The fourth-order valence-electron chi connectivity index (χ4n) is 3.58. The van der Waals surface area contributed by atoms with Gasteiger partial charge in [0.2, 0.25) is 0 Å². The van der Waals surface area contributed by atoms with Gasteiger partial charge in [0.05, 0.1) is 12.2 Å². The molecule has 0 radical (unpaired) electrons. The monoisotopic (exact) mass is 316 g/mol. The van der Waals surface area contributed by atoms with Gasteiger partial charge in [-0.05, 0) is 60.4 Å². The van der Waals surface area contributed by atoms with Crippen LogP contribution in [-0.2, 0) is 17.3 Å². The van der Waals surface area contributed by atoms with Gasteiger partial charge in [-0.25, -0.2) is 0 Å². The maximum atomic E-state index is 6.56. The highest BCUT2D eigenvalue weighted by atomic mass is 31.0. The largest absolute Gasteiger partial charge is 0.369 e. The molecule has 0 saturated carbocycles. The van der Waals surface area contributed by atoms with E-state index in [2.05, 4.69) is 54.3 Å². The summed E-state index contributed by atoms with van der Waals surface area (Å²) in [6.07, 6.45) is 7.88. The Labute approximate surface area is 137 Å². The highest BCUT2D eigenvalue weighted by molar-refractivity contribution is 7.15. The Kier molecular flexibility index (Phi) is 4.76. The molecule has 1 aromatic rings. The molecule has 0 heterocycles. The van der Waals surface area contributed by atoms with Gasteiger partial charge in [0, 0.05) is 0 Å². The minimum absolute atomic E-state index is 0.175. The Morgan fingerprint density at radius 1 is 1.14 bits per heavy atom. The van der Waals surface area contributed by atoms with Gasteiger partial charge >= 0.3 is 0 Å². The molecule has 0 bridgehead atoms. The third-order valence-electron chi connectivity index (χ3n) is 5.17. The van der Waals surface area contributed by atoms with E-state index in [1.165, 1.54) is 36.8 Å². The summed E-state index contributed by atoms with van der Waals surface area (Å²) in [5.41, 5.74) is 6.27. The van der Waals surface area contributed by atoms with E-state index in [4.69, 9.17) is 4.74 Å². The molecule has 0 spiro atoms. The number of hydrogen-bond donors (Lipinski definition) is 0. The first kappa shape index (κ1) is 16.2. The lowest BCUT2D eigenvalue weighted by atomic mass is 9.83. The van der Waals surface area contributed by atoms with Crippen molar-refractivity contribution in [1.29, 1.82) is 0 Å². The Morgan fingerprint density at radius 2 is 1.82 bits per heavy atom. The molecule has 2 aliphatic rings. The van der Waals surface area contributed by atoms with Crippen molar-refractivity contribution < 1.29 is 4.74 Å². The molecule has 0 aromatic heterocycles. The van der Waals surface area contributed by atoms with Crippen molar-refractivity contribution in [1.82, 2.24) is 0 Å². The first-order valence-electron chi connectivity index (χ1n) is 8.61. The molecular formula is C20H29OP. The van der Waals surface area contributed by atoms with Crippen molar-refractivity contribution in [2.75, 3.05) is 0 Å². The molecular weight excluding hydrogens is 287 g/mol. The molecule has 3 unspecified atom stereocenters. The van der Waals surface area contributed by atoms with Crippen LogP contribution >= 0.6 is 9.24 Å². The number of benzene rings is 1. The van der Waals surface area contributed by atoms with E-state index in [0.29, 0.717) is 6.10 Å². The van der Waals surface area contributed by atoms with Gasteiger partial charge in [0.15, 0.2) is 0 Å². The van der Waals surface area contributed by atoms with Gasteiger partial charge in [0.1, 0.15) is 0 Å². The summed E-state index contributed by atoms with van der Waals surface area (Å²) in [5.74, 6) is 0. The van der Waals surface area contributed by atoms with E-state index in [0.717, 1.165) is 12.6 Å². The highest BCUT2D eigenvalue weighted by Gasteiger charge is 2.37. The summed E-state index contributed by atoms with van der Waals surface area (Å²) in [5, 5.41) is 0. The van der Waals surface area contributed by atoms with Crippen LogP contribution in [0.1, 0.15) is 57.6 Å². The van der Waals surface area contributed by atoms with Crippen LogP contribution in [0.4, 0.5) is 0 Å². The van der Waals surface area contributed by atoms with E-state index < -0.39 is 0 Å². The highest BCUT2D eigenvalue weighted by Crippen LogP contribution is 2.44.